The van der Waals surface area contributed by atoms with Gasteiger partial charge in [-0.1, -0.05) is 32.9 Å². The van der Waals surface area contributed by atoms with Crippen LogP contribution in [-0.4, -0.2) is 44.6 Å². The van der Waals surface area contributed by atoms with E-state index in [1.807, 2.05) is 32.9 Å². The minimum Gasteiger partial charge on any atom is -0.444 e. The van der Waals surface area contributed by atoms with Gasteiger partial charge in [-0.2, -0.15) is 0 Å². The molecule has 1 aliphatic rings. The highest BCUT2D eigenvalue weighted by Crippen LogP contribution is 2.39. The highest BCUT2D eigenvalue weighted by atomic mass is 28.4. The molecular formula is C23H38FNO3Si. The number of carbonyl (C=O) groups is 1. The molecule has 1 aliphatic heterocycles. The zero-order valence-corrected chi connectivity index (χ0v) is 20.3. The zero-order chi connectivity index (χ0) is 22.0. The SMILES string of the molecule is CC(C)(C)OC(=O)N1CC[C@@H](c2ccc(F)cc2)[C@@H](CO[Si](C)(C)C(C)(C)C)C1. The Morgan fingerprint density at radius 2 is 1.72 bits per heavy atom. The third kappa shape index (κ3) is 6.54. The quantitative estimate of drug-likeness (QED) is 0.542. The number of amides is 1. The molecule has 1 fully saturated rings. The largest absolute Gasteiger partial charge is 0.444 e. The highest BCUT2D eigenvalue weighted by molar-refractivity contribution is 6.74. The summed E-state index contributed by atoms with van der Waals surface area (Å²) in [6.07, 6.45) is 0.545. The van der Waals surface area contributed by atoms with Crippen LogP contribution in [0.15, 0.2) is 24.3 Å². The van der Waals surface area contributed by atoms with Crippen LogP contribution in [-0.2, 0) is 9.16 Å². The molecule has 0 saturated carbocycles. The molecule has 0 aliphatic carbocycles. The minimum atomic E-state index is -1.91. The number of hydrogen-bond acceptors (Lipinski definition) is 3. The second-order valence-electron chi connectivity index (χ2n) is 10.7. The third-order valence-corrected chi connectivity index (χ3v) is 10.6. The summed E-state index contributed by atoms with van der Waals surface area (Å²) in [5.41, 5.74) is 0.594. The van der Waals surface area contributed by atoms with Crippen LogP contribution in [0.2, 0.25) is 18.1 Å². The Kier molecular flexibility index (Phi) is 7.21. The van der Waals surface area contributed by atoms with E-state index in [0.29, 0.717) is 19.7 Å². The smallest absolute Gasteiger partial charge is 0.410 e. The van der Waals surface area contributed by atoms with Gasteiger partial charge >= 0.3 is 6.09 Å². The average Bonchev–Trinajstić information content (AvgIpc) is 2.58. The first-order chi connectivity index (χ1) is 13.2. The average molecular weight is 424 g/mol. The summed E-state index contributed by atoms with van der Waals surface area (Å²) in [6, 6.07) is 6.76. The first-order valence-electron chi connectivity index (χ1n) is 10.6. The number of ether oxygens (including phenoxy) is 1. The first kappa shape index (κ1) is 23.9. The Morgan fingerprint density at radius 3 is 2.24 bits per heavy atom. The highest BCUT2D eigenvalue weighted by Gasteiger charge is 2.40. The summed E-state index contributed by atoms with van der Waals surface area (Å²) in [5.74, 6) is 0.156. The van der Waals surface area contributed by atoms with E-state index in [-0.39, 0.29) is 28.8 Å². The molecule has 0 unspecified atom stereocenters. The Morgan fingerprint density at radius 1 is 1.14 bits per heavy atom. The molecule has 1 heterocycles. The number of hydrogen-bond donors (Lipinski definition) is 0. The molecule has 6 heteroatoms. The monoisotopic (exact) mass is 423 g/mol. The molecule has 29 heavy (non-hydrogen) atoms. The van der Waals surface area contributed by atoms with Crippen LogP contribution in [0, 0.1) is 11.7 Å². The predicted octanol–water partition coefficient (Wildman–Crippen LogP) is 6.19. The van der Waals surface area contributed by atoms with Crippen molar-refractivity contribution in [1.82, 2.24) is 4.90 Å². The van der Waals surface area contributed by atoms with E-state index in [0.717, 1.165) is 12.0 Å². The van der Waals surface area contributed by atoms with Crippen molar-refractivity contribution >= 4 is 14.4 Å². The van der Waals surface area contributed by atoms with E-state index in [1.165, 1.54) is 12.1 Å². The van der Waals surface area contributed by atoms with Crippen molar-refractivity contribution in [2.75, 3.05) is 19.7 Å². The molecule has 1 aromatic rings. The van der Waals surface area contributed by atoms with Crippen molar-refractivity contribution in [2.24, 2.45) is 5.92 Å². The summed E-state index contributed by atoms with van der Waals surface area (Å²) < 4.78 is 25.5. The Hall–Kier alpha value is -1.40. The van der Waals surface area contributed by atoms with Crippen LogP contribution in [0.25, 0.3) is 0 Å². The number of nitrogens with zero attached hydrogens (tertiary/aromatic N) is 1. The summed E-state index contributed by atoms with van der Waals surface area (Å²) in [4.78, 5) is 14.4. The molecule has 0 aromatic heterocycles. The van der Waals surface area contributed by atoms with Crippen molar-refractivity contribution in [3.63, 3.8) is 0 Å². The molecular weight excluding hydrogens is 385 g/mol. The molecule has 0 bridgehead atoms. The molecule has 0 spiro atoms. The van der Waals surface area contributed by atoms with Crippen molar-refractivity contribution in [3.05, 3.63) is 35.6 Å². The molecule has 0 radical (unpaired) electrons. The molecule has 2 atom stereocenters. The van der Waals surface area contributed by atoms with Gasteiger partial charge in [-0.05, 0) is 68.9 Å². The maximum atomic E-state index is 13.4. The molecule has 164 valence electrons. The molecule has 0 N–H and O–H groups in total. The normalized spacial score (nSPS) is 21.2. The fourth-order valence-electron chi connectivity index (χ4n) is 3.37. The number of carbonyl (C=O) groups excluding carboxylic acids is 1. The van der Waals surface area contributed by atoms with Gasteiger partial charge in [0.1, 0.15) is 11.4 Å². The van der Waals surface area contributed by atoms with Gasteiger partial charge in [0, 0.05) is 25.6 Å². The third-order valence-electron chi connectivity index (χ3n) is 6.15. The Bertz CT molecular complexity index is 692. The fourth-order valence-corrected chi connectivity index (χ4v) is 4.44. The van der Waals surface area contributed by atoms with Gasteiger partial charge in [0.15, 0.2) is 8.32 Å². The van der Waals surface area contributed by atoms with Crippen LogP contribution in [0.1, 0.15) is 59.4 Å². The maximum absolute atomic E-state index is 13.4. The van der Waals surface area contributed by atoms with E-state index < -0.39 is 13.9 Å². The number of likely N-dealkylation sites (tertiary alicyclic amines) is 1. The lowest BCUT2D eigenvalue weighted by Crippen LogP contribution is -2.48. The van der Waals surface area contributed by atoms with Crippen LogP contribution in [0.4, 0.5) is 9.18 Å². The predicted molar refractivity (Wildman–Crippen MR) is 118 cm³/mol. The summed E-state index contributed by atoms with van der Waals surface area (Å²) in [7, 11) is -1.91. The topological polar surface area (TPSA) is 38.8 Å². The fraction of sp³-hybridized carbons (Fsp3) is 0.696. The summed E-state index contributed by atoms with van der Waals surface area (Å²) in [5, 5.41) is 0.123. The van der Waals surface area contributed by atoms with Crippen molar-refractivity contribution in [1.29, 1.82) is 0 Å². The summed E-state index contributed by atoms with van der Waals surface area (Å²) >= 11 is 0. The first-order valence-corrected chi connectivity index (χ1v) is 13.5. The molecule has 1 aromatic carbocycles. The molecule has 4 nitrogen and oxygen atoms in total. The van der Waals surface area contributed by atoms with Crippen LogP contribution in [0.5, 0.6) is 0 Å². The van der Waals surface area contributed by atoms with Gasteiger partial charge in [0.2, 0.25) is 0 Å². The van der Waals surface area contributed by atoms with Crippen LogP contribution >= 0.6 is 0 Å². The van der Waals surface area contributed by atoms with Gasteiger partial charge in [0.25, 0.3) is 0 Å². The number of benzene rings is 1. The molecule has 1 amide bonds. The van der Waals surface area contributed by atoms with E-state index in [2.05, 4.69) is 33.9 Å². The lowest BCUT2D eigenvalue weighted by atomic mass is 9.81. The van der Waals surface area contributed by atoms with Crippen LogP contribution in [0.3, 0.4) is 0 Å². The molecule has 1 saturated heterocycles. The van der Waals surface area contributed by atoms with Crippen molar-refractivity contribution < 1.29 is 18.3 Å². The van der Waals surface area contributed by atoms with Crippen molar-refractivity contribution in [2.45, 2.75) is 77.6 Å². The second kappa shape index (κ2) is 8.76. The Labute approximate surface area is 176 Å². The number of piperidine rings is 1. The van der Waals surface area contributed by atoms with E-state index in [9.17, 15) is 9.18 Å². The zero-order valence-electron chi connectivity index (χ0n) is 19.3. The van der Waals surface area contributed by atoms with Gasteiger partial charge in [-0.25, -0.2) is 9.18 Å². The lowest BCUT2D eigenvalue weighted by molar-refractivity contribution is 0.0106. The van der Waals surface area contributed by atoms with Gasteiger partial charge < -0.3 is 14.1 Å². The van der Waals surface area contributed by atoms with Gasteiger partial charge in [-0.15, -0.1) is 0 Å². The molecule has 2 rings (SSSR count). The standard InChI is InChI=1S/C23H38FNO3Si/c1-22(2,3)28-21(26)25-14-13-20(17-9-11-19(24)12-10-17)18(15-25)16-27-29(7,8)23(4,5)6/h9-12,18,20H,13-16H2,1-8H3/t18-,20+/m1/s1. The van der Waals surface area contributed by atoms with E-state index in [4.69, 9.17) is 9.16 Å². The van der Waals surface area contributed by atoms with E-state index in [1.54, 1.807) is 4.90 Å². The van der Waals surface area contributed by atoms with Gasteiger partial charge in [0.05, 0.1) is 0 Å². The minimum absolute atomic E-state index is 0.123. The maximum Gasteiger partial charge on any atom is 0.410 e. The lowest BCUT2D eigenvalue weighted by Gasteiger charge is -2.42. The number of rotatable bonds is 4. The summed E-state index contributed by atoms with van der Waals surface area (Å²) in [6.45, 7) is 18.6. The number of halogens is 1. The Balaban J connectivity index is 2.19. The van der Waals surface area contributed by atoms with Crippen LogP contribution < -0.4 is 0 Å². The van der Waals surface area contributed by atoms with Gasteiger partial charge in [-0.3, -0.25) is 0 Å². The van der Waals surface area contributed by atoms with Crippen molar-refractivity contribution in [3.8, 4) is 0 Å². The second-order valence-corrected chi connectivity index (χ2v) is 15.5. The van der Waals surface area contributed by atoms with E-state index >= 15 is 0 Å².